The van der Waals surface area contributed by atoms with Crippen molar-refractivity contribution in [2.45, 2.75) is 52.4 Å². The quantitative estimate of drug-likeness (QED) is 0.246. The number of aromatic hydroxyl groups is 1. The van der Waals surface area contributed by atoms with Crippen molar-refractivity contribution in [2.24, 2.45) is 11.3 Å². The summed E-state index contributed by atoms with van der Waals surface area (Å²) >= 11 is 0. The van der Waals surface area contributed by atoms with Crippen molar-refractivity contribution in [2.75, 3.05) is 5.32 Å². The van der Waals surface area contributed by atoms with Crippen LogP contribution >= 0.6 is 0 Å². The van der Waals surface area contributed by atoms with Crippen LogP contribution in [0.25, 0.3) is 22.2 Å². The molecule has 1 heterocycles. The van der Waals surface area contributed by atoms with Crippen LogP contribution in [-0.2, 0) is 0 Å². The zero-order valence-corrected chi connectivity index (χ0v) is 21.6. The molecule has 1 aromatic heterocycles. The Morgan fingerprint density at radius 1 is 0.974 bits per heavy atom. The minimum atomic E-state index is -4.78. The van der Waals surface area contributed by atoms with E-state index < -0.39 is 23.7 Å². The van der Waals surface area contributed by atoms with E-state index in [9.17, 15) is 27.1 Å². The predicted octanol–water partition coefficient (Wildman–Crippen LogP) is 8.72. The average molecular weight is 546 g/mol. The zero-order valence-electron chi connectivity index (χ0n) is 21.6. The van der Waals surface area contributed by atoms with Gasteiger partial charge in [-0.05, 0) is 90.3 Å². The summed E-state index contributed by atoms with van der Waals surface area (Å²) in [4.78, 5) is 4.79. The number of hydrogen-bond donors (Lipinski definition) is 2. The predicted molar refractivity (Wildman–Crippen MR) is 139 cm³/mol. The van der Waals surface area contributed by atoms with Gasteiger partial charge >= 0.3 is 6.36 Å². The SMILES string of the molecule is CC1CC(n2c(Nc3ccc(OC(F)(F)F)cc3)nc3cc(-c4cc(F)c(O)c(F)c4)ccc32)CC(C)(C)C1. The van der Waals surface area contributed by atoms with Gasteiger partial charge in [0.15, 0.2) is 17.4 Å². The molecule has 0 spiro atoms. The lowest BCUT2D eigenvalue weighted by Crippen LogP contribution is -2.29. The lowest BCUT2D eigenvalue weighted by molar-refractivity contribution is -0.274. The molecule has 10 heteroatoms. The molecule has 0 saturated heterocycles. The van der Waals surface area contributed by atoms with Gasteiger partial charge in [0, 0.05) is 11.7 Å². The summed E-state index contributed by atoms with van der Waals surface area (Å²) < 4.78 is 71.9. The number of halogens is 5. The van der Waals surface area contributed by atoms with Crippen LogP contribution in [0.4, 0.5) is 33.6 Å². The highest BCUT2D eigenvalue weighted by Crippen LogP contribution is 2.46. The molecule has 1 aliphatic carbocycles. The fraction of sp³-hybridized carbons (Fsp3) is 0.345. The van der Waals surface area contributed by atoms with Crippen LogP contribution in [-0.4, -0.2) is 21.0 Å². The fourth-order valence-electron chi connectivity index (χ4n) is 5.83. The second-order valence-electron chi connectivity index (χ2n) is 11.1. The number of ether oxygens (including phenoxy) is 1. The van der Waals surface area contributed by atoms with Crippen molar-refractivity contribution in [1.29, 1.82) is 0 Å². The summed E-state index contributed by atoms with van der Waals surface area (Å²) in [5.74, 6) is -2.52. The number of phenolic OH excluding ortho intramolecular Hbond substituents is 1. The molecular weight excluding hydrogens is 517 g/mol. The summed E-state index contributed by atoms with van der Waals surface area (Å²) in [7, 11) is 0. The topological polar surface area (TPSA) is 59.3 Å². The highest BCUT2D eigenvalue weighted by molar-refractivity contribution is 5.85. The summed E-state index contributed by atoms with van der Waals surface area (Å²) in [5.41, 5.74) is 2.77. The minimum absolute atomic E-state index is 0.0911. The third-order valence-electron chi connectivity index (χ3n) is 7.11. The molecule has 39 heavy (non-hydrogen) atoms. The van der Waals surface area contributed by atoms with Crippen molar-refractivity contribution >= 4 is 22.7 Å². The maximum atomic E-state index is 14.0. The molecule has 1 saturated carbocycles. The van der Waals surface area contributed by atoms with Gasteiger partial charge in [0.25, 0.3) is 0 Å². The van der Waals surface area contributed by atoms with E-state index in [4.69, 9.17) is 4.98 Å². The number of fused-ring (bicyclic) bond motifs is 1. The second-order valence-corrected chi connectivity index (χ2v) is 11.1. The smallest absolute Gasteiger partial charge is 0.503 e. The molecular formula is C29H28F5N3O2. The van der Waals surface area contributed by atoms with Crippen LogP contribution in [0.1, 0.15) is 46.1 Å². The maximum Gasteiger partial charge on any atom is 0.573 e. The van der Waals surface area contributed by atoms with Gasteiger partial charge in [-0.2, -0.15) is 0 Å². The first kappa shape index (κ1) is 26.8. The van der Waals surface area contributed by atoms with E-state index in [1.807, 2.05) is 6.07 Å². The molecule has 0 aliphatic heterocycles. The van der Waals surface area contributed by atoms with E-state index in [0.717, 1.165) is 36.9 Å². The number of rotatable bonds is 5. The zero-order chi connectivity index (χ0) is 28.1. The van der Waals surface area contributed by atoms with E-state index in [1.165, 1.54) is 24.3 Å². The van der Waals surface area contributed by atoms with Crippen LogP contribution in [0.3, 0.4) is 0 Å². The Morgan fingerprint density at radius 3 is 2.26 bits per heavy atom. The number of benzene rings is 3. The normalized spacial score (nSPS) is 19.3. The lowest BCUT2D eigenvalue weighted by atomic mass is 9.70. The van der Waals surface area contributed by atoms with E-state index >= 15 is 0 Å². The molecule has 2 N–H and O–H groups in total. The molecule has 0 amide bonds. The first-order valence-electron chi connectivity index (χ1n) is 12.6. The molecule has 2 unspecified atom stereocenters. The van der Waals surface area contributed by atoms with E-state index in [2.05, 4.69) is 35.4 Å². The number of nitrogens with one attached hydrogen (secondary N) is 1. The Morgan fingerprint density at radius 2 is 1.64 bits per heavy atom. The average Bonchev–Trinajstić information content (AvgIpc) is 3.18. The van der Waals surface area contributed by atoms with E-state index in [0.29, 0.717) is 28.6 Å². The van der Waals surface area contributed by atoms with Crippen LogP contribution < -0.4 is 10.1 Å². The van der Waals surface area contributed by atoms with E-state index in [1.54, 1.807) is 12.1 Å². The largest absolute Gasteiger partial charge is 0.573 e. The first-order valence-corrected chi connectivity index (χ1v) is 12.6. The van der Waals surface area contributed by atoms with Crippen LogP contribution in [0.2, 0.25) is 0 Å². The lowest BCUT2D eigenvalue weighted by Gasteiger charge is -2.40. The third-order valence-corrected chi connectivity index (χ3v) is 7.11. The molecule has 3 aromatic carbocycles. The van der Waals surface area contributed by atoms with Gasteiger partial charge in [0.1, 0.15) is 5.75 Å². The molecule has 5 nitrogen and oxygen atoms in total. The fourth-order valence-corrected chi connectivity index (χ4v) is 5.83. The van der Waals surface area contributed by atoms with Crippen LogP contribution in [0.5, 0.6) is 11.5 Å². The number of alkyl halides is 3. The van der Waals surface area contributed by atoms with Crippen molar-refractivity contribution < 1.29 is 31.8 Å². The van der Waals surface area contributed by atoms with Gasteiger partial charge in [-0.15, -0.1) is 13.2 Å². The number of imidazole rings is 1. The summed E-state index contributed by atoms with van der Waals surface area (Å²) in [6.07, 6.45) is -1.89. The molecule has 206 valence electrons. The van der Waals surface area contributed by atoms with Gasteiger partial charge in [-0.1, -0.05) is 26.8 Å². The van der Waals surface area contributed by atoms with Gasteiger partial charge in [0.2, 0.25) is 5.95 Å². The summed E-state index contributed by atoms with van der Waals surface area (Å²) in [6.45, 7) is 6.67. The molecule has 4 aromatic rings. The number of anilines is 2. The van der Waals surface area contributed by atoms with Crippen molar-refractivity contribution in [3.8, 4) is 22.6 Å². The Bertz CT molecular complexity index is 1490. The second kappa shape index (κ2) is 9.73. The molecule has 0 bridgehead atoms. The van der Waals surface area contributed by atoms with Crippen molar-refractivity contribution in [1.82, 2.24) is 9.55 Å². The molecule has 0 radical (unpaired) electrons. The number of hydrogen-bond acceptors (Lipinski definition) is 4. The van der Waals surface area contributed by atoms with E-state index in [-0.39, 0.29) is 22.8 Å². The third kappa shape index (κ3) is 5.79. The van der Waals surface area contributed by atoms with Gasteiger partial charge in [0.05, 0.1) is 11.0 Å². The molecule has 5 rings (SSSR count). The number of phenols is 1. The van der Waals surface area contributed by atoms with Crippen LogP contribution in [0.15, 0.2) is 54.6 Å². The number of aromatic nitrogens is 2. The van der Waals surface area contributed by atoms with Gasteiger partial charge in [-0.3, -0.25) is 0 Å². The highest BCUT2D eigenvalue weighted by Gasteiger charge is 2.35. The Labute approximate surface area is 222 Å². The maximum absolute atomic E-state index is 14.0. The minimum Gasteiger partial charge on any atom is -0.503 e. The first-order chi connectivity index (χ1) is 18.3. The van der Waals surface area contributed by atoms with Crippen molar-refractivity contribution in [3.05, 3.63) is 66.2 Å². The van der Waals surface area contributed by atoms with Gasteiger partial charge in [-0.25, -0.2) is 13.8 Å². The van der Waals surface area contributed by atoms with Crippen molar-refractivity contribution in [3.63, 3.8) is 0 Å². The van der Waals surface area contributed by atoms with Gasteiger partial charge < -0.3 is 19.7 Å². The van der Waals surface area contributed by atoms with Crippen LogP contribution in [0, 0.1) is 23.0 Å². The molecule has 1 aliphatic rings. The summed E-state index contributed by atoms with van der Waals surface area (Å²) in [6, 6.07) is 12.9. The standard InChI is InChI=1S/C29H28F5N3O2/c1-16-10-20(15-28(2,3)14-16)37-25-9-4-17(18-11-22(30)26(38)23(31)12-18)13-24(25)36-27(37)35-19-5-7-21(8-6-19)39-29(32,33)34/h4-9,11-13,16,20,38H,10,14-15H2,1-3H3,(H,35,36). The Kier molecular flexibility index (Phi) is 6.68. The Hall–Kier alpha value is -3.82. The highest BCUT2D eigenvalue weighted by atomic mass is 19.4. The summed E-state index contributed by atoms with van der Waals surface area (Å²) in [5, 5.41) is 12.7. The monoisotopic (exact) mass is 545 g/mol. The Balaban J connectivity index is 1.57. The molecule has 2 atom stereocenters. The number of nitrogens with zero attached hydrogens (tertiary/aromatic N) is 2. The molecule has 1 fully saturated rings.